The molecule has 19 heavy (non-hydrogen) atoms. The van der Waals surface area contributed by atoms with Crippen LogP contribution < -0.4 is 4.74 Å². The number of rotatable bonds is 4. The van der Waals surface area contributed by atoms with Crippen molar-refractivity contribution in [2.75, 3.05) is 27.7 Å². The van der Waals surface area contributed by atoms with Gasteiger partial charge in [-0.2, -0.15) is 0 Å². The normalized spacial score (nSPS) is 27.5. The number of hydrogen-bond acceptors (Lipinski definition) is 3. The molecule has 1 aliphatic rings. The summed E-state index contributed by atoms with van der Waals surface area (Å²) in [6.45, 7) is 1.03. The number of hydrogen-bond donors (Lipinski definition) is 1. The third kappa shape index (κ3) is 3.28. The third-order valence-electron chi connectivity index (χ3n) is 4.23. The molecular weight excluding hydrogens is 238 g/mol. The summed E-state index contributed by atoms with van der Waals surface area (Å²) in [5, 5.41) is 9.77. The quantitative estimate of drug-likeness (QED) is 0.905. The molecule has 0 aliphatic heterocycles. The highest BCUT2D eigenvalue weighted by Crippen LogP contribution is 2.40. The highest BCUT2D eigenvalue weighted by molar-refractivity contribution is 5.33. The van der Waals surface area contributed by atoms with E-state index in [2.05, 4.69) is 31.1 Å². The van der Waals surface area contributed by atoms with E-state index in [1.165, 1.54) is 5.56 Å². The minimum absolute atomic E-state index is 0.117. The van der Waals surface area contributed by atoms with Crippen LogP contribution in [0.1, 0.15) is 31.2 Å². The first kappa shape index (κ1) is 14.4. The van der Waals surface area contributed by atoms with Crippen LogP contribution in [0.4, 0.5) is 0 Å². The Hall–Kier alpha value is -1.06. The minimum Gasteiger partial charge on any atom is -0.497 e. The van der Waals surface area contributed by atoms with Gasteiger partial charge in [-0.3, -0.25) is 0 Å². The van der Waals surface area contributed by atoms with Crippen molar-refractivity contribution in [1.29, 1.82) is 0 Å². The monoisotopic (exact) mass is 263 g/mol. The maximum Gasteiger partial charge on any atom is 0.118 e. The summed E-state index contributed by atoms with van der Waals surface area (Å²) in [7, 11) is 5.94. The van der Waals surface area contributed by atoms with E-state index < -0.39 is 0 Å². The summed E-state index contributed by atoms with van der Waals surface area (Å²) in [5.41, 5.74) is 1.54. The zero-order valence-corrected chi connectivity index (χ0v) is 12.2. The first-order chi connectivity index (χ1) is 9.05. The van der Waals surface area contributed by atoms with E-state index in [-0.39, 0.29) is 11.5 Å². The molecule has 1 saturated carbocycles. The van der Waals surface area contributed by atoms with E-state index in [0.29, 0.717) is 0 Å². The summed E-state index contributed by atoms with van der Waals surface area (Å²) >= 11 is 0. The van der Waals surface area contributed by atoms with Crippen molar-refractivity contribution in [2.24, 2.45) is 0 Å². The van der Waals surface area contributed by atoms with Gasteiger partial charge in [-0.25, -0.2) is 0 Å². The highest BCUT2D eigenvalue weighted by Gasteiger charge is 2.36. The van der Waals surface area contributed by atoms with Crippen LogP contribution in [0.5, 0.6) is 5.75 Å². The van der Waals surface area contributed by atoms with Crippen LogP contribution >= 0.6 is 0 Å². The zero-order valence-electron chi connectivity index (χ0n) is 12.2. The van der Waals surface area contributed by atoms with Crippen LogP contribution in [0.3, 0.4) is 0 Å². The predicted molar refractivity (Wildman–Crippen MR) is 77.7 cm³/mol. The second-order valence-electron chi connectivity index (χ2n) is 5.98. The molecule has 0 heterocycles. The molecule has 0 amide bonds. The highest BCUT2D eigenvalue weighted by atomic mass is 16.5. The molecule has 1 aromatic rings. The van der Waals surface area contributed by atoms with E-state index >= 15 is 0 Å². The summed E-state index contributed by atoms with van der Waals surface area (Å²) in [6, 6.07) is 8.44. The molecule has 2 rings (SSSR count). The zero-order chi connectivity index (χ0) is 13.9. The fraction of sp³-hybridized carbons (Fsp3) is 0.625. The van der Waals surface area contributed by atoms with Crippen LogP contribution in [0, 0.1) is 0 Å². The maximum absolute atomic E-state index is 9.77. The molecule has 0 unspecified atom stereocenters. The first-order valence-electron chi connectivity index (χ1n) is 7.03. The molecule has 1 aromatic carbocycles. The van der Waals surface area contributed by atoms with Crippen molar-refractivity contribution in [2.45, 2.75) is 37.2 Å². The van der Waals surface area contributed by atoms with Crippen LogP contribution in [0.25, 0.3) is 0 Å². The molecule has 3 nitrogen and oxygen atoms in total. The number of benzene rings is 1. The van der Waals surface area contributed by atoms with E-state index in [1.807, 2.05) is 12.1 Å². The topological polar surface area (TPSA) is 32.7 Å². The number of aliphatic hydroxyl groups is 1. The molecule has 1 aliphatic carbocycles. The summed E-state index contributed by atoms with van der Waals surface area (Å²) in [4.78, 5) is 2.25. The smallest absolute Gasteiger partial charge is 0.118 e. The fourth-order valence-corrected chi connectivity index (χ4v) is 3.24. The van der Waals surface area contributed by atoms with Gasteiger partial charge in [-0.05, 0) is 57.5 Å². The average Bonchev–Trinajstić information content (AvgIpc) is 2.41. The SMILES string of the molecule is COc1ccc(C2(CN(C)C)CCC(O)CC2)cc1. The third-order valence-corrected chi connectivity index (χ3v) is 4.23. The average molecular weight is 263 g/mol. The number of aliphatic hydroxyl groups excluding tert-OH is 1. The molecule has 0 atom stereocenters. The van der Waals surface area contributed by atoms with E-state index in [9.17, 15) is 5.11 Å². The lowest BCUT2D eigenvalue weighted by atomic mass is 9.68. The van der Waals surface area contributed by atoms with Gasteiger partial charge in [0, 0.05) is 12.0 Å². The van der Waals surface area contributed by atoms with E-state index in [0.717, 1.165) is 38.0 Å². The molecule has 106 valence electrons. The molecule has 3 heteroatoms. The van der Waals surface area contributed by atoms with Crippen molar-refractivity contribution in [3.63, 3.8) is 0 Å². The van der Waals surface area contributed by atoms with Crippen molar-refractivity contribution >= 4 is 0 Å². The van der Waals surface area contributed by atoms with Crippen molar-refractivity contribution in [3.05, 3.63) is 29.8 Å². The Bertz CT molecular complexity index is 392. The van der Waals surface area contributed by atoms with Crippen molar-refractivity contribution in [1.82, 2.24) is 4.90 Å². The van der Waals surface area contributed by atoms with Crippen LogP contribution in [-0.2, 0) is 5.41 Å². The number of ether oxygens (including phenoxy) is 1. The van der Waals surface area contributed by atoms with Gasteiger partial charge in [0.05, 0.1) is 13.2 Å². The summed E-state index contributed by atoms with van der Waals surface area (Å²) < 4.78 is 5.24. The lowest BCUT2D eigenvalue weighted by Crippen LogP contribution is -2.41. The fourth-order valence-electron chi connectivity index (χ4n) is 3.24. The Morgan fingerprint density at radius 1 is 1.21 bits per heavy atom. The number of likely N-dealkylation sites (N-methyl/N-ethyl adjacent to an activating group) is 1. The van der Waals surface area contributed by atoms with Gasteiger partial charge in [0.15, 0.2) is 0 Å². The van der Waals surface area contributed by atoms with Gasteiger partial charge in [0.2, 0.25) is 0 Å². The van der Waals surface area contributed by atoms with Crippen LogP contribution in [0.2, 0.25) is 0 Å². The first-order valence-corrected chi connectivity index (χ1v) is 7.03. The minimum atomic E-state index is -0.117. The lowest BCUT2D eigenvalue weighted by molar-refractivity contribution is 0.0843. The Labute approximate surface area is 116 Å². The molecule has 0 radical (unpaired) electrons. The Kier molecular flexibility index (Phi) is 4.48. The largest absolute Gasteiger partial charge is 0.497 e. The Morgan fingerprint density at radius 3 is 2.26 bits per heavy atom. The van der Waals surface area contributed by atoms with Gasteiger partial charge in [-0.15, -0.1) is 0 Å². The molecule has 0 bridgehead atoms. The van der Waals surface area contributed by atoms with Crippen LogP contribution in [0.15, 0.2) is 24.3 Å². The Balaban J connectivity index is 2.25. The number of methoxy groups -OCH3 is 1. The van der Waals surface area contributed by atoms with Gasteiger partial charge < -0.3 is 14.7 Å². The molecule has 1 fully saturated rings. The molecule has 0 spiro atoms. The summed E-state index contributed by atoms with van der Waals surface area (Å²) in [5.74, 6) is 0.902. The second-order valence-corrected chi connectivity index (χ2v) is 5.98. The second kappa shape index (κ2) is 5.93. The van der Waals surface area contributed by atoms with Gasteiger partial charge >= 0.3 is 0 Å². The van der Waals surface area contributed by atoms with Gasteiger partial charge in [0.1, 0.15) is 5.75 Å². The van der Waals surface area contributed by atoms with Gasteiger partial charge in [0.25, 0.3) is 0 Å². The number of nitrogens with zero attached hydrogens (tertiary/aromatic N) is 1. The van der Waals surface area contributed by atoms with Gasteiger partial charge in [-0.1, -0.05) is 12.1 Å². The summed E-state index contributed by atoms with van der Waals surface area (Å²) in [6.07, 6.45) is 3.80. The lowest BCUT2D eigenvalue weighted by Gasteiger charge is -2.41. The van der Waals surface area contributed by atoms with Crippen molar-refractivity contribution < 1.29 is 9.84 Å². The van der Waals surface area contributed by atoms with Crippen molar-refractivity contribution in [3.8, 4) is 5.75 Å². The van der Waals surface area contributed by atoms with Crippen LogP contribution in [-0.4, -0.2) is 43.9 Å². The van der Waals surface area contributed by atoms with E-state index in [1.54, 1.807) is 7.11 Å². The maximum atomic E-state index is 9.77. The molecular formula is C16H25NO2. The molecule has 1 N–H and O–H groups in total. The molecule has 0 aromatic heterocycles. The predicted octanol–water partition coefficient (Wildman–Crippen LogP) is 2.43. The molecule has 0 saturated heterocycles. The Morgan fingerprint density at radius 2 is 1.79 bits per heavy atom. The van der Waals surface area contributed by atoms with E-state index in [4.69, 9.17) is 4.74 Å². The standard InChI is InChI=1S/C16H25NO2/c1-17(2)12-16(10-8-14(18)9-11-16)13-4-6-15(19-3)7-5-13/h4-7,14,18H,8-12H2,1-3H3.